The van der Waals surface area contributed by atoms with Crippen molar-refractivity contribution in [2.45, 2.75) is 69.8 Å². The van der Waals surface area contributed by atoms with Crippen LogP contribution in [0.5, 0.6) is 0 Å². The highest BCUT2D eigenvalue weighted by atomic mass is 16.5. The second-order valence-electron chi connectivity index (χ2n) is 5.96. The predicted molar refractivity (Wildman–Crippen MR) is 70.7 cm³/mol. The van der Waals surface area contributed by atoms with Gasteiger partial charge in [0.25, 0.3) is 0 Å². The lowest BCUT2D eigenvalue weighted by molar-refractivity contribution is -0.00965. The molecule has 3 atom stereocenters. The largest absolute Gasteiger partial charge is 0.389 e. The quantitative estimate of drug-likeness (QED) is 0.756. The first-order valence-corrected chi connectivity index (χ1v) is 7.26. The summed E-state index contributed by atoms with van der Waals surface area (Å²) in [5.41, 5.74) is -0.00562. The number of hydrogen-bond acceptors (Lipinski definition) is 4. The molecule has 2 N–H and O–H groups in total. The van der Waals surface area contributed by atoms with Crippen LogP contribution in [0.4, 0.5) is 0 Å². The summed E-state index contributed by atoms with van der Waals surface area (Å²) in [4.78, 5) is 0. The van der Waals surface area contributed by atoms with Gasteiger partial charge in [-0.3, -0.25) is 0 Å². The van der Waals surface area contributed by atoms with Crippen molar-refractivity contribution in [3.8, 4) is 0 Å². The van der Waals surface area contributed by atoms with E-state index in [1.54, 1.807) is 0 Å². The number of β-amino-alcohol motifs (C(OH)–C–C–N with tert-alkyl or cyclic N) is 1. The molecule has 1 saturated heterocycles. The van der Waals surface area contributed by atoms with Crippen molar-refractivity contribution in [3.63, 3.8) is 0 Å². The molecule has 0 aromatic heterocycles. The molecule has 4 nitrogen and oxygen atoms in total. The van der Waals surface area contributed by atoms with Gasteiger partial charge in [0.2, 0.25) is 0 Å². The zero-order valence-electron chi connectivity index (χ0n) is 11.7. The Bertz CT molecular complexity index is 255. The fraction of sp³-hybridized carbons (Fsp3) is 1.00. The van der Waals surface area contributed by atoms with Gasteiger partial charge < -0.3 is 19.9 Å². The van der Waals surface area contributed by atoms with Crippen LogP contribution in [0.15, 0.2) is 0 Å². The van der Waals surface area contributed by atoms with Crippen molar-refractivity contribution in [1.29, 1.82) is 0 Å². The first kappa shape index (κ1) is 14.3. The summed E-state index contributed by atoms with van der Waals surface area (Å²) >= 11 is 0. The highest BCUT2D eigenvalue weighted by molar-refractivity contribution is 4.93. The summed E-state index contributed by atoms with van der Waals surface area (Å²) in [5, 5.41) is 13.4. The molecule has 0 aromatic rings. The minimum absolute atomic E-state index is 0.00562. The van der Waals surface area contributed by atoms with Crippen molar-refractivity contribution >= 4 is 0 Å². The van der Waals surface area contributed by atoms with Crippen LogP contribution < -0.4 is 5.32 Å². The van der Waals surface area contributed by atoms with E-state index in [1.165, 1.54) is 12.8 Å². The predicted octanol–water partition coefficient (Wildman–Crippen LogP) is 1.46. The summed E-state index contributed by atoms with van der Waals surface area (Å²) in [7, 11) is 0. The van der Waals surface area contributed by atoms with E-state index in [1.807, 2.05) is 0 Å². The van der Waals surface area contributed by atoms with Crippen molar-refractivity contribution in [3.05, 3.63) is 0 Å². The Labute approximate surface area is 110 Å². The Morgan fingerprint density at radius 3 is 2.78 bits per heavy atom. The number of aliphatic hydroxyl groups is 1. The third-order valence-corrected chi connectivity index (χ3v) is 4.45. The standard InChI is InChI=1S/C14H27NO3/c1-11-14(2,7-8-17-11)15-9-12(16)10-18-13-5-3-4-6-13/h11-13,15-16H,3-10H2,1-2H3. The van der Waals surface area contributed by atoms with Gasteiger partial charge in [-0.25, -0.2) is 0 Å². The van der Waals surface area contributed by atoms with Gasteiger partial charge in [-0.1, -0.05) is 12.8 Å². The fourth-order valence-electron chi connectivity index (χ4n) is 2.78. The maximum absolute atomic E-state index is 9.94. The van der Waals surface area contributed by atoms with Crippen LogP contribution in [-0.4, -0.2) is 48.7 Å². The minimum atomic E-state index is -0.421. The lowest BCUT2D eigenvalue weighted by Gasteiger charge is -2.30. The maximum Gasteiger partial charge on any atom is 0.0898 e. The van der Waals surface area contributed by atoms with Gasteiger partial charge in [0.1, 0.15) is 0 Å². The lowest BCUT2D eigenvalue weighted by atomic mass is 9.94. The molecule has 4 heteroatoms. The lowest BCUT2D eigenvalue weighted by Crippen LogP contribution is -2.51. The first-order valence-electron chi connectivity index (χ1n) is 7.26. The topological polar surface area (TPSA) is 50.7 Å². The molecular weight excluding hydrogens is 230 g/mol. The Balaban J connectivity index is 1.63. The van der Waals surface area contributed by atoms with E-state index in [2.05, 4.69) is 19.2 Å². The van der Waals surface area contributed by atoms with Gasteiger partial charge in [-0.15, -0.1) is 0 Å². The Hall–Kier alpha value is -0.160. The number of ether oxygens (including phenoxy) is 2. The molecule has 0 aromatic carbocycles. The van der Waals surface area contributed by atoms with Crippen LogP contribution in [0.25, 0.3) is 0 Å². The molecule has 18 heavy (non-hydrogen) atoms. The first-order chi connectivity index (χ1) is 8.60. The second kappa shape index (κ2) is 6.33. The summed E-state index contributed by atoms with van der Waals surface area (Å²) in [6.07, 6.45) is 6.02. The normalized spacial score (nSPS) is 35.2. The van der Waals surface area contributed by atoms with Gasteiger partial charge in [0.05, 0.1) is 24.9 Å². The van der Waals surface area contributed by atoms with Crippen LogP contribution in [0, 0.1) is 0 Å². The molecule has 106 valence electrons. The molecular formula is C14H27NO3. The van der Waals surface area contributed by atoms with E-state index in [-0.39, 0.29) is 11.6 Å². The van der Waals surface area contributed by atoms with E-state index in [0.29, 0.717) is 19.3 Å². The summed E-state index contributed by atoms with van der Waals surface area (Å²) in [5.74, 6) is 0. The number of rotatable bonds is 6. The molecule has 0 amide bonds. The second-order valence-corrected chi connectivity index (χ2v) is 5.96. The smallest absolute Gasteiger partial charge is 0.0898 e. The number of nitrogens with one attached hydrogen (secondary N) is 1. The molecule has 3 unspecified atom stereocenters. The molecule has 0 radical (unpaired) electrons. The summed E-state index contributed by atoms with van der Waals surface area (Å²) in [6, 6.07) is 0. The van der Waals surface area contributed by atoms with Crippen LogP contribution >= 0.6 is 0 Å². The SMILES string of the molecule is CC1OCCC1(C)NCC(O)COC1CCCC1. The third-order valence-electron chi connectivity index (χ3n) is 4.45. The zero-order chi connectivity index (χ0) is 13.0. The molecule has 1 aliphatic heterocycles. The highest BCUT2D eigenvalue weighted by Crippen LogP contribution is 2.25. The molecule has 1 saturated carbocycles. The molecule has 2 fully saturated rings. The molecule has 0 bridgehead atoms. The maximum atomic E-state index is 9.94. The van der Waals surface area contributed by atoms with Gasteiger partial charge in [-0.2, -0.15) is 0 Å². The van der Waals surface area contributed by atoms with Crippen molar-refractivity contribution in [2.24, 2.45) is 0 Å². The molecule has 1 heterocycles. The van der Waals surface area contributed by atoms with E-state index >= 15 is 0 Å². The van der Waals surface area contributed by atoms with Gasteiger partial charge in [0, 0.05) is 18.7 Å². The Morgan fingerprint density at radius 2 is 2.17 bits per heavy atom. The molecule has 2 aliphatic rings. The fourth-order valence-corrected chi connectivity index (χ4v) is 2.78. The Kier molecular flexibility index (Phi) is 5.01. The van der Waals surface area contributed by atoms with Crippen molar-refractivity contribution < 1.29 is 14.6 Å². The highest BCUT2D eigenvalue weighted by Gasteiger charge is 2.36. The van der Waals surface area contributed by atoms with Crippen LogP contribution in [0.1, 0.15) is 46.0 Å². The summed E-state index contributed by atoms with van der Waals surface area (Å²) < 4.78 is 11.3. The number of hydrogen-bond donors (Lipinski definition) is 2. The van der Waals surface area contributed by atoms with Crippen molar-refractivity contribution in [2.75, 3.05) is 19.8 Å². The van der Waals surface area contributed by atoms with Gasteiger partial charge in [-0.05, 0) is 33.1 Å². The molecule has 1 aliphatic carbocycles. The molecule has 0 spiro atoms. The third kappa shape index (κ3) is 3.67. The van der Waals surface area contributed by atoms with Gasteiger partial charge in [0.15, 0.2) is 0 Å². The average Bonchev–Trinajstić information content (AvgIpc) is 2.96. The van der Waals surface area contributed by atoms with E-state index in [4.69, 9.17) is 9.47 Å². The zero-order valence-corrected chi connectivity index (χ0v) is 11.7. The van der Waals surface area contributed by atoms with E-state index in [0.717, 1.165) is 25.9 Å². The number of aliphatic hydroxyl groups excluding tert-OH is 1. The van der Waals surface area contributed by atoms with Crippen LogP contribution in [0.3, 0.4) is 0 Å². The van der Waals surface area contributed by atoms with Crippen molar-refractivity contribution in [1.82, 2.24) is 5.32 Å². The average molecular weight is 257 g/mol. The van der Waals surface area contributed by atoms with Crippen LogP contribution in [-0.2, 0) is 9.47 Å². The van der Waals surface area contributed by atoms with E-state index in [9.17, 15) is 5.11 Å². The summed E-state index contributed by atoms with van der Waals surface area (Å²) in [6.45, 7) is 6.08. The van der Waals surface area contributed by atoms with E-state index < -0.39 is 6.10 Å². The molecule has 2 rings (SSSR count). The minimum Gasteiger partial charge on any atom is -0.389 e. The van der Waals surface area contributed by atoms with Crippen LogP contribution in [0.2, 0.25) is 0 Å². The van der Waals surface area contributed by atoms with Gasteiger partial charge >= 0.3 is 0 Å². The Morgan fingerprint density at radius 1 is 1.44 bits per heavy atom. The monoisotopic (exact) mass is 257 g/mol.